The first-order valence-corrected chi connectivity index (χ1v) is 7.16. The molecule has 0 aliphatic carbocycles. The van der Waals surface area contributed by atoms with E-state index in [0.29, 0.717) is 5.56 Å². The van der Waals surface area contributed by atoms with Crippen LogP contribution in [0.4, 0.5) is 5.82 Å². The summed E-state index contributed by atoms with van der Waals surface area (Å²) in [5, 5.41) is 14.2. The zero-order valence-corrected chi connectivity index (χ0v) is 12.0. The molecule has 0 fully saturated rings. The van der Waals surface area contributed by atoms with E-state index in [2.05, 4.69) is 5.10 Å². The van der Waals surface area contributed by atoms with Gasteiger partial charge in [0.1, 0.15) is 6.54 Å². The fraction of sp³-hybridized carbons (Fsp3) is 0.167. The van der Waals surface area contributed by atoms with Crippen molar-refractivity contribution in [1.29, 1.82) is 0 Å². The van der Waals surface area contributed by atoms with E-state index in [-0.39, 0.29) is 17.4 Å². The van der Waals surface area contributed by atoms with Crippen molar-refractivity contribution >= 4 is 35.0 Å². The number of ketones is 1. The first-order chi connectivity index (χ1) is 9.51. The van der Waals surface area contributed by atoms with Crippen LogP contribution in [0.3, 0.4) is 0 Å². The maximum atomic E-state index is 12.0. The predicted molar refractivity (Wildman–Crippen MR) is 76.4 cm³/mol. The number of carbonyl (C=O) groups excluding carboxylic acids is 1. The van der Waals surface area contributed by atoms with Crippen LogP contribution in [0.2, 0.25) is 5.02 Å². The molecular formula is C12H10ClN3O3S. The lowest BCUT2D eigenvalue weighted by atomic mass is 10.1. The van der Waals surface area contributed by atoms with E-state index in [1.807, 2.05) is 18.4 Å². The molecule has 0 bridgehead atoms. The normalized spacial score (nSPS) is 10.5. The topological polar surface area (TPSA) is 78.0 Å². The maximum Gasteiger partial charge on any atom is 0.408 e. The van der Waals surface area contributed by atoms with E-state index in [9.17, 15) is 14.9 Å². The molecule has 0 saturated heterocycles. The third kappa shape index (κ3) is 3.17. The Morgan fingerprint density at radius 3 is 2.60 bits per heavy atom. The molecule has 0 saturated carbocycles. The van der Waals surface area contributed by atoms with Crippen LogP contribution in [-0.2, 0) is 6.54 Å². The van der Waals surface area contributed by atoms with E-state index >= 15 is 0 Å². The highest BCUT2D eigenvalue weighted by molar-refractivity contribution is 7.98. The Kier molecular flexibility index (Phi) is 4.41. The molecule has 0 radical (unpaired) electrons. The molecule has 1 aromatic carbocycles. The standard InChI is InChI=1S/C12H10ClN3O3S/c1-20-9-4-2-8(3-5-9)11(17)7-15-6-10(13)12(14-15)16(18)19/h2-6H,7H2,1H3. The Labute approximate surface area is 123 Å². The van der Waals surface area contributed by atoms with Crippen molar-refractivity contribution in [2.75, 3.05) is 6.26 Å². The third-order valence-electron chi connectivity index (χ3n) is 2.59. The Morgan fingerprint density at radius 2 is 2.10 bits per heavy atom. The average Bonchev–Trinajstić information content (AvgIpc) is 2.79. The maximum absolute atomic E-state index is 12.0. The Hall–Kier alpha value is -1.86. The molecule has 8 heteroatoms. The molecule has 1 heterocycles. The van der Waals surface area contributed by atoms with Crippen molar-refractivity contribution in [3.63, 3.8) is 0 Å². The minimum absolute atomic E-state index is 0.0828. The molecule has 1 aromatic heterocycles. The zero-order chi connectivity index (χ0) is 14.7. The van der Waals surface area contributed by atoms with E-state index in [4.69, 9.17) is 11.6 Å². The Morgan fingerprint density at radius 1 is 1.45 bits per heavy atom. The van der Waals surface area contributed by atoms with Gasteiger partial charge in [-0.05, 0) is 23.3 Å². The van der Waals surface area contributed by atoms with Crippen LogP contribution in [0, 0.1) is 10.1 Å². The monoisotopic (exact) mass is 311 g/mol. The van der Waals surface area contributed by atoms with Gasteiger partial charge < -0.3 is 10.1 Å². The molecule has 0 unspecified atom stereocenters. The highest BCUT2D eigenvalue weighted by atomic mass is 35.5. The number of aromatic nitrogens is 2. The number of carbonyl (C=O) groups is 1. The van der Waals surface area contributed by atoms with Crippen molar-refractivity contribution < 1.29 is 9.72 Å². The van der Waals surface area contributed by atoms with Crippen molar-refractivity contribution in [2.24, 2.45) is 0 Å². The molecule has 104 valence electrons. The van der Waals surface area contributed by atoms with Crippen LogP contribution in [0.25, 0.3) is 0 Å². The van der Waals surface area contributed by atoms with Crippen LogP contribution in [-0.4, -0.2) is 26.7 Å². The molecule has 0 aliphatic heterocycles. The summed E-state index contributed by atoms with van der Waals surface area (Å²) in [6.07, 6.45) is 3.22. The molecule has 0 spiro atoms. The van der Waals surface area contributed by atoms with Crippen LogP contribution < -0.4 is 0 Å². The van der Waals surface area contributed by atoms with Crippen molar-refractivity contribution in [1.82, 2.24) is 9.78 Å². The Bertz CT molecular complexity index is 654. The van der Waals surface area contributed by atoms with Crippen molar-refractivity contribution in [3.8, 4) is 0 Å². The number of thioether (sulfide) groups is 1. The van der Waals surface area contributed by atoms with Gasteiger partial charge in [0.2, 0.25) is 0 Å². The van der Waals surface area contributed by atoms with Crippen LogP contribution in [0.5, 0.6) is 0 Å². The second-order valence-electron chi connectivity index (χ2n) is 3.91. The largest absolute Gasteiger partial charge is 0.408 e. The fourth-order valence-corrected chi connectivity index (χ4v) is 2.23. The molecule has 6 nitrogen and oxygen atoms in total. The number of nitro groups is 1. The van der Waals surface area contributed by atoms with Gasteiger partial charge in [-0.2, -0.15) is 4.68 Å². The van der Waals surface area contributed by atoms with Gasteiger partial charge in [-0.15, -0.1) is 11.8 Å². The molecular weight excluding hydrogens is 302 g/mol. The van der Waals surface area contributed by atoms with Crippen molar-refractivity contribution in [2.45, 2.75) is 11.4 Å². The molecule has 0 atom stereocenters. The summed E-state index contributed by atoms with van der Waals surface area (Å²) in [5.74, 6) is -0.635. The number of benzene rings is 1. The van der Waals surface area contributed by atoms with E-state index < -0.39 is 10.7 Å². The molecule has 0 aliphatic rings. The molecule has 2 aromatic rings. The minimum atomic E-state index is -0.684. The van der Waals surface area contributed by atoms with Gasteiger partial charge >= 0.3 is 5.82 Å². The number of hydrogen-bond acceptors (Lipinski definition) is 5. The second kappa shape index (κ2) is 6.06. The summed E-state index contributed by atoms with van der Waals surface area (Å²) < 4.78 is 1.17. The SMILES string of the molecule is CSc1ccc(C(=O)Cn2cc(Cl)c([N+](=O)[O-])n2)cc1. The van der Waals surface area contributed by atoms with Crippen LogP contribution >= 0.6 is 23.4 Å². The summed E-state index contributed by atoms with van der Waals surface area (Å²) in [6.45, 7) is -0.0911. The quantitative estimate of drug-likeness (QED) is 0.367. The smallest absolute Gasteiger partial charge is 0.358 e. The third-order valence-corrected chi connectivity index (χ3v) is 3.60. The van der Waals surface area contributed by atoms with E-state index in [0.717, 1.165) is 4.90 Å². The summed E-state index contributed by atoms with van der Waals surface area (Å²) in [5.41, 5.74) is 0.525. The van der Waals surface area contributed by atoms with Crippen LogP contribution in [0.15, 0.2) is 35.4 Å². The van der Waals surface area contributed by atoms with Gasteiger partial charge in [-0.3, -0.25) is 4.79 Å². The van der Waals surface area contributed by atoms with E-state index in [1.165, 1.54) is 10.9 Å². The van der Waals surface area contributed by atoms with Gasteiger partial charge in [-0.1, -0.05) is 23.7 Å². The average molecular weight is 312 g/mol. The summed E-state index contributed by atoms with van der Waals surface area (Å²) in [4.78, 5) is 23.0. The van der Waals surface area contributed by atoms with Gasteiger partial charge in [0, 0.05) is 10.5 Å². The highest BCUT2D eigenvalue weighted by Gasteiger charge is 2.20. The number of nitrogens with zero attached hydrogens (tertiary/aromatic N) is 3. The number of hydrogen-bond donors (Lipinski definition) is 0. The molecule has 0 amide bonds. The molecule has 20 heavy (non-hydrogen) atoms. The predicted octanol–water partition coefficient (Wildman–Crippen LogP) is 3.05. The minimum Gasteiger partial charge on any atom is -0.358 e. The van der Waals surface area contributed by atoms with E-state index in [1.54, 1.807) is 23.9 Å². The lowest BCUT2D eigenvalue weighted by Crippen LogP contribution is -2.11. The lowest BCUT2D eigenvalue weighted by molar-refractivity contribution is -0.389. The highest BCUT2D eigenvalue weighted by Crippen LogP contribution is 2.21. The molecule has 2 rings (SSSR count). The lowest BCUT2D eigenvalue weighted by Gasteiger charge is -2.00. The number of Topliss-reactive ketones (excluding diaryl/α,β-unsaturated/α-hetero) is 1. The summed E-state index contributed by atoms with van der Waals surface area (Å²) in [6, 6.07) is 7.12. The molecule has 0 N–H and O–H groups in total. The van der Waals surface area contributed by atoms with Gasteiger partial charge in [0.15, 0.2) is 10.8 Å². The second-order valence-corrected chi connectivity index (χ2v) is 5.19. The first-order valence-electron chi connectivity index (χ1n) is 5.56. The summed E-state index contributed by atoms with van der Waals surface area (Å²) >= 11 is 7.25. The summed E-state index contributed by atoms with van der Waals surface area (Å²) in [7, 11) is 0. The fourth-order valence-electron chi connectivity index (χ4n) is 1.61. The van der Waals surface area contributed by atoms with Gasteiger partial charge in [0.05, 0.1) is 11.3 Å². The number of halogens is 1. The van der Waals surface area contributed by atoms with Crippen LogP contribution in [0.1, 0.15) is 10.4 Å². The zero-order valence-electron chi connectivity index (χ0n) is 10.4. The van der Waals surface area contributed by atoms with Crippen molar-refractivity contribution in [3.05, 3.63) is 51.2 Å². The van der Waals surface area contributed by atoms with Gasteiger partial charge in [-0.25, -0.2) is 0 Å². The first kappa shape index (κ1) is 14.5. The number of rotatable bonds is 5. The Balaban J connectivity index is 2.14. The van der Waals surface area contributed by atoms with Gasteiger partial charge in [0.25, 0.3) is 0 Å².